The van der Waals surface area contributed by atoms with Crippen molar-refractivity contribution in [1.29, 1.82) is 0 Å². The van der Waals surface area contributed by atoms with Gasteiger partial charge >= 0.3 is 17.1 Å². The fourth-order valence-corrected chi connectivity index (χ4v) is 9.00. The molecule has 8 aromatic carbocycles. The molecule has 2 aliphatic rings. The van der Waals surface area contributed by atoms with Crippen LogP contribution in [-0.4, -0.2) is 29.9 Å². The Morgan fingerprint density at radius 3 is 0.646 bits per heavy atom. The van der Waals surface area contributed by atoms with Gasteiger partial charge in [0.05, 0.1) is 45.6 Å². The molecule has 0 unspecified atom stereocenters. The molecule has 315 valence electrons. The zero-order valence-corrected chi connectivity index (χ0v) is 33.1. The van der Waals surface area contributed by atoms with E-state index in [1.165, 1.54) is 97.1 Å². The Kier molecular flexibility index (Phi) is 8.09. The SMILES string of the molecule is Fc1c2c(c(F)c3ccccc13)-c1nc-2nc2[n-]c(nc3nc(nc4[n-]c(n1)c1c(F)c5ccccc5c(F)c41)-c1c-3c(F)c3ccccc3c1F)c1c(F)c3ccccc3c(F)c21.[Cu+2]. The van der Waals surface area contributed by atoms with Gasteiger partial charge in [-0.3, -0.25) is 0 Å². The fraction of sp³-hybridized carbons (Fsp3) is 0. The van der Waals surface area contributed by atoms with Gasteiger partial charge in [-0.05, 0) is 0 Å². The summed E-state index contributed by atoms with van der Waals surface area (Å²) >= 11 is 0. The van der Waals surface area contributed by atoms with Gasteiger partial charge in [0.15, 0.2) is 0 Å². The van der Waals surface area contributed by atoms with Gasteiger partial charge in [0.2, 0.25) is 0 Å². The summed E-state index contributed by atoms with van der Waals surface area (Å²) in [7, 11) is 0. The zero-order valence-electron chi connectivity index (χ0n) is 32.1. The molecule has 1 radical (unpaired) electrons. The number of benzene rings is 8. The Hall–Kier alpha value is -7.88. The van der Waals surface area contributed by atoms with Crippen LogP contribution in [0.4, 0.5) is 35.1 Å². The first-order valence-electron chi connectivity index (χ1n) is 19.4. The molecule has 8 bridgehead atoms. The number of rotatable bonds is 0. The maximum Gasteiger partial charge on any atom is 2.00 e. The molecule has 0 fully saturated rings. The second kappa shape index (κ2) is 13.6. The summed E-state index contributed by atoms with van der Waals surface area (Å²) in [5, 5.41) is -3.83. The van der Waals surface area contributed by atoms with Crippen molar-refractivity contribution in [3.05, 3.63) is 144 Å². The van der Waals surface area contributed by atoms with Crippen molar-refractivity contribution < 1.29 is 52.2 Å². The molecule has 13 rings (SSSR count). The third-order valence-electron chi connectivity index (χ3n) is 11.8. The van der Waals surface area contributed by atoms with Gasteiger partial charge < -0.3 is 29.9 Å². The van der Waals surface area contributed by atoms with Gasteiger partial charge in [-0.2, -0.15) is 0 Å². The molecule has 65 heavy (non-hydrogen) atoms. The predicted molar refractivity (Wildman–Crippen MR) is 224 cm³/mol. The van der Waals surface area contributed by atoms with E-state index in [1.807, 2.05) is 0 Å². The van der Waals surface area contributed by atoms with E-state index in [4.69, 9.17) is 0 Å². The number of hydrogen-bond acceptors (Lipinski definition) is 6. The van der Waals surface area contributed by atoms with Crippen molar-refractivity contribution in [2.75, 3.05) is 0 Å². The average Bonchev–Trinajstić information content (AvgIpc) is 4.07. The molecule has 0 amide bonds. The Morgan fingerprint density at radius 2 is 0.446 bits per heavy atom. The van der Waals surface area contributed by atoms with Crippen molar-refractivity contribution in [3.63, 3.8) is 0 Å². The average molecular weight is 920 g/mol. The first-order chi connectivity index (χ1) is 31.1. The van der Waals surface area contributed by atoms with Crippen molar-refractivity contribution in [3.8, 4) is 45.6 Å². The fourth-order valence-electron chi connectivity index (χ4n) is 9.00. The smallest absolute Gasteiger partial charge is 0.357 e. The molecule has 8 nitrogen and oxygen atoms in total. The molecule has 5 heterocycles. The standard InChI is InChI=1S/C48H16F8N8.Cu/c49-33-17-9-1-2-10-18(17)34(50)26-25(33)41-57-42(26)62-44-29-30(38(54)22-14-6-5-13-21(22)37(29)53)46(59-44)64-48-32-31(39(55)23-15-7-8-16-24(23)40(32)56)47(60-48)63-45-28-27(43(58-45)61-41)35(51)19-11-3-4-12-20(19)36(28)52;/h1-16H;/q-2;+2. The van der Waals surface area contributed by atoms with Gasteiger partial charge in [0.1, 0.15) is 46.5 Å². The van der Waals surface area contributed by atoms with Gasteiger partial charge in [-0.15, -0.1) is 0 Å². The van der Waals surface area contributed by atoms with Crippen LogP contribution >= 0.6 is 0 Å². The molecule has 2 aliphatic heterocycles. The molecule has 17 heteroatoms. The van der Waals surface area contributed by atoms with Crippen LogP contribution in [0.2, 0.25) is 0 Å². The summed E-state index contributed by atoms with van der Waals surface area (Å²) < 4.78 is 135. The normalized spacial score (nSPS) is 12.2. The Balaban J connectivity index is 0.00000444. The van der Waals surface area contributed by atoms with Crippen molar-refractivity contribution in [2.45, 2.75) is 0 Å². The van der Waals surface area contributed by atoms with E-state index in [0.717, 1.165) is 0 Å². The minimum absolute atomic E-state index is 0. The van der Waals surface area contributed by atoms with Crippen molar-refractivity contribution >= 4 is 87.2 Å². The number of hydrogen-bond donors (Lipinski definition) is 0. The van der Waals surface area contributed by atoms with E-state index in [-0.39, 0.29) is 60.2 Å². The van der Waals surface area contributed by atoms with Gasteiger partial charge in [0.25, 0.3) is 0 Å². The van der Waals surface area contributed by atoms with Crippen LogP contribution in [0.1, 0.15) is 0 Å². The van der Waals surface area contributed by atoms with Crippen LogP contribution in [-0.2, 0) is 17.1 Å². The number of aromatic nitrogens is 8. The van der Waals surface area contributed by atoms with E-state index in [0.29, 0.717) is 0 Å². The first-order valence-corrected chi connectivity index (χ1v) is 19.4. The third kappa shape index (κ3) is 5.07. The molecule has 0 N–H and O–H groups in total. The van der Waals surface area contributed by atoms with Crippen LogP contribution in [0.5, 0.6) is 0 Å². The summed E-state index contributed by atoms with van der Waals surface area (Å²) in [4.78, 5) is 35.3. The molecule has 0 atom stereocenters. The molecule has 3 aromatic heterocycles. The van der Waals surface area contributed by atoms with E-state index < -0.39 is 136 Å². The largest absolute Gasteiger partial charge is 2.00 e. The molecular weight excluding hydrogens is 904 g/mol. The summed E-state index contributed by atoms with van der Waals surface area (Å²) in [5.41, 5.74) is -4.71. The monoisotopic (exact) mass is 919 g/mol. The molecule has 0 aliphatic carbocycles. The second-order valence-corrected chi connectivity index (χ2v) is 15.2. The molecule has 0 spiro atoms. The Labute approximate surface area is 367 Å². The van der Waals surface area contributed by atoms with Crippen LogP contribution in [0.25, 0.3) is 133 Å². The van der Waals surface area contributed by atoms with Crippen LogP contribution in [0.15, 0.2) is 97.1 Å². The molecule has 0 saturated heterocycles. The molecule has 0 saturated carbocycles. The van der Waals surface area contributed by atoms with Crippen LogP contribution in [0.3, 0.4) is 0 Å². The summed E-state index contributed by atoms with van der Waals surface area (Å²) in [6.45, 7) is 0. The third-order valence-corrected chi connectivity index (χ3v) is 11.8. The number of halogens is 8. The zero-order chi connectivity index (χ0) is 43.4. The van der Waals surface area contributed by atoms with Gasteiger partial charge in [-0.25, -0.2) is 45.1 Å². The van der Waals surface area contributed by atoms with Crippen molar-refractivity contribution in [2.24, 2.45) is 0 Å². The van der Waals surface area contributed by atoms with E-state index in [2.05, 4.69) is 39.9 Å². The molecular formula is C48H16CuF8N8. The Bertz CT molecular complexity index is 3680. The maximum atomic E-state index is 16.9. The molecule has 11 aromatic rings. The predicted octanol–water partition coefficient (Wildman–Crippen LogP) is 11.9. The van der Waals surface area contributed by atoms with Gasteiger partial charge in [0, 0.05) is 87.2 Å². The summed E-state index contributed by atoms with van der Waals surface area (Å²) in [6, 6.07) is 22.2. The quantitative estimate of drug-likeness (QED) is 0.109. The van der Waals surface area contributed by atoms with E-state index in [9.17, 15) is 0 Å². The minimum Gasteiger partial charge on any atom is -0.357 e. The van der Waals surface area contributed by atoms with Gasteiger partial charge in [-0.1, -0.05) is 97.1 Å². The minimum atomic E-state index is -1.03. The van der Waals surface area contributed by atoms with E-state index >= 15 is 35.1 Å². The van der Waals surface area contributed by atoms with E-state index in [1.54, 1.807) is 0 Å². The number of fused-ring (bicyclic) bond motifs is 24. The Morgan fingerprint density at radius 1 is 0.262 bits per heavy atom. The van der Waals surface area contributed by atoms with Crippen LogP contribution in [0, 0.1) is 46.5 Å². The van der Waals surface area contributed by atoms with Crippen LogP contribution < -0.4 is 9.97 Å². The number of nitrogens with zero attached hydrogens (tertiary/aromatic N) is 8. The summed E-state index contributed by atoms with van der Waals surface area (Å²) in [6.07, 6.45) is 0. The summed E-state index contributed by atoms with van der Waals surface area (Å²) in [5.74, 6) is -10.7. The van der Waals surface area contributed by atoms with Crippen molar-refractivity contribution in [1.82, 2.24) is 39.9 Å². The first kappa shape index (κ1) is 38.8. The topological polar surface area (TPSA) is 106 Å². The maximum absolute atomic E-state index is 16.9. The second-order valence-electron chi connectivity index (χ2n) is 15.2.